The first-order valence-corrected chi connectivity index (χ1v) is 7.48. The zero-order chi connectivity index (χ0) is 14.7. The van der Waals surface area contributed by atoms with Gasteiger partial charge in [-0.1, -0.05) is 0 Å². The maximum atomic E-state index is 6.34. The molecule has 1 fully saturated rings. The molecule has 2 atom stereocenters. The van der Waals surface area contributed by atoms with Crippen LogP contribution in [0.2, 0.25) is 0 Å². The summed E-state index contributed by atoms with van der Waals surface area (Å²) in [6, 6.07) is 0.797. The molecule has 1 aromatic rings. The standard InChI is InChI=1S/C14H27N5O/c1-10(2)18-5-6-20-13(8-18)12(15)7-14-16-9-17-19(14)11(3)4/h9-13H,5-8,15H2,1-4H3. The minimum absolute atomic E-state index is 0.0433. The Morgan fingerprint density at radius 2 is 2.10 bits per heavy atom. The maximum absolute atomic E-state index is 6.34. The second kappa shape index (κ2) is 6.65. The topological polar surface area (TPSA) is 69.2 Å². The Morgan fingerprint density at radius 3 is 2.75 bits per heavy atom. The summed E-state index contributed by atoms with van der Waals surface area (Å²) in [5.41, 5.74) is 6.34. The molecule has 0 aliphatic carbocycles. The third-order valence-electron chi connectivity index (χ3n) is 3.89. The highest BCUT2D eigenvalue weighted by Gasteiger charge is 2.28. The van der Waals surface area contributed by atoms with Crippen LogP contribution in [-0.2, 0) is 11.2 Å². The Morgan fingerprint density at radius 1 is 1.35 bits per heavy atom. The fourth-order valence-electron chi connectivity index (χ4n) is 2.62. The van der Waals surface area contributed by atoms with Gasteiger partial charge >= 0.3 is 0 Å². The first kappa shape index (κ1) is 15.4. The molecule has 2 rings (SSSR count). The van der Waals surface area contributed by atoms with Crippen LogP contribution in [0.3, 0.4) is 0 Å². The van der Waals surface area contributed by atoms with Gasteiger partial charge in [-0.3, -0.25) is 4.90 Å². The number of aromatic nitrogens is 3. The molecule has 2 unspecified atom stereocenters. The number of nitrogens with zero attached hydrogens (tertiary/aromatic N) is 4. The third-order valence-corrected chi connectivity index (χ3v) is 3.89. The van der Waals surface area contributed by atoms with Gasteiger partial charge in [-0.2, -0.15) is 5.10 Å². The summed E-state index contributed by atoms with van der Waals surface area (Å²) in [4.78, 5) is 6.75. The molecule has 6 heteroatoms. The smallest absolute Gasteiger partial charge is 0.138 e. The molecule has 0 spiro atoms. The van der Waals surface area contributed by atoms with Crippen molar-refractivity contribution in [1.29, 1.82) is 0 Å². The molecular formula is C14H27N5O. The Hall–Kier alpha value is -0.980. The fraction of sp³-hybridized carbons (Fsp3) is 0.857. The Balaban J connectivity index is 1.97. The van der Waals surface area contributed by atoms with E-state index in [4.69, 9.17) is 10.5 Å². The molecule has 0 aromatic carbocycles. The second-order valence-electron chi connectivity index (χ2n) is 6.08. The largest absolute Gasteiger partial charge is 0.374 e. The fourth-order valence-corrected chi connectivity index (χ4v) is 2.62. The van der Waals surface area contributed by atoms with Gasteiger partial charge in [0.1, 0.15) is 12.2 Å². The van der Waals surface area contributed by atoms with E-state index in [-0.39, 0.29) is 12.1 Å². The average molecular weight is 281 g/mol. The number of morpholine rings is 1. The van der Waals surface area contributed by atoms with E-state index in [1.807, 2.05) is 4.68 Å². The lowest BCUT2D eigenvalue weighted by atomic mass is 10.1. The van der Waals surface area contributed by atoms with Gasteiger partial charge in [0.05, 0.1) is 12.7 Å². The first-order valence-electron chi connectivity index (χ1n) is 7.48. The number of hydrogen-bond donors (Lipinski definition) is 1. The Bertz CT molecular complexity index is 417. The summed E-state index contributed by atoms with van der Waals surface area (Å²) in [6.45, 7) is 11.3. The summed E-state index contributed by atoms with van der Waals surface area (Å²) in [6.07, 6.45) is 2.38. The van der Waals surface area contributed by atoms with Crippen molar-refractivity contribution in [2.45, 2.75) is 58.3 Å². The van der Waals surface area contributed by atoms with Crippen LogP contribution in [-0.4, -0.2) is 57.5 Å². The van der Waals surface area contributed by atoms with Crippen LogP contribution in [0.4, 0.5) is 0 Å². The van der Waals surface area contributed by atoms with E-state index < -0.39 is 0 Å². The van der Waals surface area contributed by atoms with Crippen molar-refractivity contribution in [2.24, 2.45) is 5.73 Å². The molecule has 1 aliphatic heterocycles. The molecule has 0 radical (unpaired) electrons. The van der Waals surface area contributed by atoms with Crippen molar-refractivity contribution in [3.63, 3.8) is 0 Å². The van der Waals surface area contributed by atoms with Crippen molar-refractivity contribution >= 4 is 0 Å². The molecule has 0 saturated carbocycles. The van der Waals surface area contributed by atoms with Gasteiger partial charge in [0.25, 0.3) is 0 Å². The molecule has 20 heavy (non-hydrogen) atoms. The van der Waals surface area contributed by atoms with E-state index in [0.29, 0.717) is 18.5 Å². The van der Waals surface area contributed by atoms with Crippen LogP contribution in [0, 0.1) is 0 Å². The van der Waals surface area contributed by atoms with Gasteiger partial charge in [-0.15, -0.1) is 0 Å². The lowest BCUT2D eigenvalue weighted by molar-refractivity contribution is -0.0498. The molecule has 1 aliphatic rings. The van der Waals surface area contributed by atoms with Gasteiger partial charge in [-0.25, -0.2) is 9.67 Å². The molecular weight excluding hydrogens is 254 g/mol. The summed E-state index contributed by atoms with van der Waals surface area (Å²) in [5.74, 6) is 0.942. The monoisotopic (exact) mass is 281 g/mol. The van der Waals surface area contributed by atoms with Crippen LogP contribution in [0.1, 0.15) is 39.6 Å². The van der Waals surface area contributed by atoms with Crippen molar-refractivity contribution in [3.8, 4) is 0 Å². The summed E-state index contributed by atoms with van der Waals surface area (Å²) in [7, 11) is 0. The van der Waals surface area contributed by atoms with Crippen molar-refractivity contribution in [3.05, 3.63) is 12.2 Å². The Kier molecular flexibility index (Phi) is 5.12. The van der Waals surface area contributed by atoms with E-state index >= 15 is 0 Å². The highest BCUT2D eigenvalue weighted by Crippen LogP contribution is 2.14. The first-order chi connectivity index (χ1) is 9.49. The number of ether oxygens (including phenoxy) is 1. The normalized spacial score (nSPS) is 22.6. The van der Waals surface area contributed by atoms with Crippen molar-refractivity contribution in [2.75, 3.05) is 19.7 Å². The highest BCUT2D eigenvalue weighted by molar-refractivity contribution is 4.94. The van der Waals surface area contributed by atoms with Crippen LogP contribution in [0.5, 0.6) is 0 Å². The molecule has 2 N–H and O–H groups in total. The van der Waals surface area contributed by atoms with Crippen molar-refractivity contribution in [1.82, 2.24) is 19.7 Å². The Labute approximate surface area is 121 Å². The number of rotatable bonds is 5. The van der Waals surface area contributed by atoms with Gasteiger partial charge in [0.2, 0.25) is 0 Å². The van der Waals surface area contributed by atoms with Gasteiger partial charge in [-0.05, 0) is 27.7 Å². The molecule has 1 saturated heterocycles. The van der Waals surface area contributed by atoms with Crippen LogP contribution in [0.25, 0.3) is 0 Å². The lowest BCUT2D eigenvalue weighted by Gasteiger charge is -2.37. The van der Waals surface area contributed by atoms with E-state index in [2.05, 4.69) is 42.7 Å². The average Bonchev–Trinajstić information content (AvgIpc) is 2.87. The molecule has 2 heterocycles. The predicted octanol–water partition coefficient (Wildman–Crippen LogP) is 0.838. The number of nitrogens with two attached hydrogens (primary N) is 1. The predicted molar refractivity (Wildman–Crippen MR) is 78.5 cm³/mol. The zero-order valence-corrected chi connectivity index (χ0v) is 13.0. The van der Waals surface area contributed by atoms with Gasteiger partial charge < -0.3 is 10.5 Å². The van der Waals surface area contributed by atoms with Crippen LogP contribution >= 0.6 is 0 Å². The molecule has 1 aromatic heterocycles. The van der Waals surface area contributed by atoms with Crippen LogP contribution in [0.15, 0.2) is 6.33 Å². The maximum Gasteiger partial charge on any atom is 0.138 e. The van der Waals surface area contributed by atoms with E-state index in [1.54, 1.807) is 6.33 Å². The lowest BCUT2D eigenvalue weighted by Crippen LogP contribution is -2.53. The van der Waals surface area contributed by atoms with E-state index in [1.165, 1.54) is 0 Å². The summed E-state index contributed by atoms with van der Waals surface area (Å²) < 4.78 is 7.78. The van der Waals surface area contributed by atoms with Gasteiger partial charge in [0.15, 0.2) is 0 Å². The second-order valence-corrected chi connectivity index (χ2v) is 6.08. The van der Waals surface area contributed by atoms with Crippen LogP contribution < -0.4 is 5.73 Å². The van der Waals surface area contributed by atoms with E-state index in [9.17, 15) is 0 Å². The molecule has 0 bridgehead atoms. The summed E-state index contributed by atoms with van der Waals surface area (Å²) >= 11 is 0. The number of hydrogen-bond acceptors (Lipinski definition) is 5. The van der Waals surface area contributed by atoms with Gasteiger partial charge in [0, 0.05) is 37.6 Å². The molecule has 6 nitrogen and oxygen atoms in total. The molecule has 114 valence electrons. The highest BCUT2D eigenvalue weighted by atomic mass is 16.5. The summed E-state index contributed by atoms with van der Waals surface area (Å²) in [5, 5.41) is 4.26. The zero-order valence-electron chi connectivity index (χ0n) is 13.0. The minimum Gasteiger partial charge on any atom is -0.374 e. The minimum atomic E-state index is -0.0433. The quantitative estimate of drug-likeness (QED) is 0.866. The van der Waals surface area contributed by atoms with Crippen molar-refractivity contribution < 1.29 is 4.74 Å². The molecule has 0 amide bonds. The third kappa shape index (κ3) is 3.56. The van der Waals surface area contributed by atoms with E-state index in [0.717, 1.165) is 25.5 Å². The SMILES string of the molecule is CC(C)N1CCOC(C(N)Cc2ncnn2C(C)C)C1.